The molecule has 0 saturated carbocycles. The fraction of sp³-hybridized carbons (Fsp3) is 0.909. The molecule has 0 aromatic rings. The molecule has 0 bridgehead atoms. The molecular formula is C11H22N2O3S. The monoisotopic (exact) mass is 262 g/mol. The third kappa shape index (κ3) is 2.98. The summed E-state index contributed by atoms with van der Waals surface area (Å²) >= 11 is 0. The summed E-state index contributed by atoms with van der Waals surface area (Å²) in [5, 5.41) is 0. The number of rotatable bonds is 3. The van der Waals surface area contributed by atoms with E-state index in [4.69, 9.17) is 5.73 Å². The van der Waals surface area contributed by atoms with Gasteiger partial charge in [-0.3, -0.25) is 4.79 Å². The van der Waals surface area contributed by atoms with Crippen LogP contribution in [0.2, 0.25) is 0 Å². The van der Waals surface area contributed by atoms with Gasteiger partial charge in [0.15, 0.2) is 9.84 Å². The maximum atomic E-state index is 12.0. The highest BCUT2D eigenvalue weighted by molar-refractivity contribution is 7.92. The van der Waals surface area contributed by atoms with E-state index in [0.29, 0.717) is 6.42 Å². The van der Waals surface area contributed by atoms with Crippen molar-refractivity contribution in [3.05, 3.63) is 0 Å². The first-order valence-electron chi connectivity index (χ1n) is 5.98. The van der Waals surface area contributed by atoms with Crippen molar-refractivity contribution in [1.29, 1.82) is 0 Å². The minimum Gasteiger partial charge on any atom is -0.339 e. The standard InChI is InChI=1S/C11H22N2O3S/c1-4-5-9(12)10(14)13-6-7-17(15,16)11(2,3)8-13/h9H,4-8,12H2,1-3H3. The van der Waals surface area contributed by atoms with Gasteiger partial charge in [-0.15, -0.1) is 0 Å². The van der Waals surface area contributed by atoms with E-state index in [9.17, 15) is 13.2 Å². The lowest BCUT2D eigenvalue weighted by Crippen LogP contribution is -2.57. The summed E-state index contributed by atoms with van der Waals surface area (Å²) < 4.78 is 22.7. The molecule has 1 rings (SSSR count). The van der Waals surface area contributed by atoms with Crippen LogP contribution in [-0.4, -0.2) is 48.9 Å². The molecule has 6 heteroatoms. The molecule has 0 aromatic carbocycles. The second kappa shape index (κ2) is 4.94. The predicted octanol–water partition coefficient (Wildman–Crippen LogP) is 0.149. The summed E-state index contributed by atoms with van der Waals surface area (Å²) in [5.74, 6) is -0.0975. The van der Waals surface area contributed by atoms with E-state index >= 15 is 0 Å². The Kier molecular flexibility index (Phi) is 4.19. The van der Waals surface area contributed by atoms with Crippen LogP contribution in [0.25, 0.3) is 0 Å². The zero-order chi connectivity index (χ0) is 13.3. The van der Waals surface area contributed by atoms with Gasteiger partial charge in [-0.1, -0.05) is 13.3 Å². The zero-order valence-corrected chi connectivity index (χ0v) is 11.6. The normalized spacial score (nSPS) is 24.4. The highest BCUT2D eigenvalue weighted by atomic mass is 32.2. The van der Waals surface area contributed by atoms with Crippen molar-refractivity contribution in [3.63, 3.8) is 0 Å². The third-order valence-corrected chi connectivity index (χ3v) is 5.81. The SMILES string of the molecule is CCCC(N)C(=O)N1CCS(=O)(=O)C(C)(C)C1. The lowest BCUT2D eigenvalue weighted by Gasteiger charge is -2.38. The fourth-order valence-corrected chi connectivity index (χ4v) is 3.37. The molecule has 100 valence electrons. The minimum atomic E-state index is -3.10. The summed E-state index contributed by atoms with van der Waals surface area (Å²) in [7, 11) is -3.10. The molecule has 2 N–H and O–H groups in total. The van der Waals surface area contributed by atoms with E-state index < -0.39 is 20.6 Å². The third-order valence-electron chi connectivity index (χ3n) is 3.27. The van der Waals surface area contributed by atoms with Gasteiger partial charge in [0.1, 0.15) is 0 Å². The van der Waals surface area contributed by atoms with Crippen molar-refractivity contribution in [3.8, 4) is 0 Å². The lowest BCUT2D eigenvalue weighted by molar-refractivity contribution is -0.133. The maximum absolute atomic E-state index is 12.0. The Morgan fingerprint density at radius 2 is 2.06 bits per heavy atom. The molecule has 1 fully saturated rings. The summed E-state index contributed by atoms with van der Waals surface area (Å²) in [6, 6.07) is -0.503. The van der Waals surface area contributed by atoms with E-state index in [1.54, 1.807) is 18.7 Å². The molecule has 1 aliphatic rings. The predicted molar refractivity (Wildman–Crippen MR) is 67.3 cm³/mol. The number of amides is 1. The largest absolute Gasteiger partial charge is 0.339 e. The summed E-state index contributed by atoms with van der Waals surface area (Å²) in [5.41, 5.74) is 5.77. The van der Waals surface area contributed by atoms with Crippen molar-refractivity contribution in [1.82, 2.24) is 4.90 Å². The molecule has 0 aliphatic carbocycles. The summed E-state index contributed by atoms with van der Waals surface area (Å²) in [4.78, 5) is 13.6. The Hall–Kier alpha value is -0.620. The lowest BCUT2D eigenvalue weighted by atomic mass is 10.1. The number of nitrogens with zero attached hydrogens (tertiary/aromatic N) is 1. The van der Waals surface area contributed by atoms with Gasteiger partial charge in [-0.05, 0) is 20.3 Å². The number of carbonyl (C=O) groups is 1. The molecule has 17 heavy (non-hydrogen) atoms. The minimum absolute atomic E-state index is 0.0323. The van der Waals surface area contributed by atoms with Crippen LogP contribution in [0.3, 0.4) is 0 Å². The summed E-state index contributed by atoms with van der Waals surface area (Å²) in [6.07, 6.45) is 1.49. The van der Waals surface area contributed by atoms with Crippen LogP contribution in [0.5, 0.6) is 0 Å². The number of sulfone groups is 1. The molecule has 1 heterocycles. The van der Waals surface area contributed by atoms with Crippen LogP contribution in [0.15, 0.2) is 0 Å². The highest BCUT2D eigenvalue weighted by Crippen LogP contribution is 2.24. The second-order valence-electron chi connectivity index (χ2n) is 5.23. The van der Waals surface area contributed by atoms with Crippen molar-refractivity contribution in [2.45, 2.75) is 44.4 Å². The van der Waals surface area contributed by atoms with Gasteiger partial charge < -0.3 is 10.6 Å². The Morgan fingerprint density at radius 3 is 2.53 bits per heavy atom. The number of nitrogens with two attached hydrogens (primary N) is 1. The highest BCUT2D eigenvalue weighted by Gasteiger charge is 2.42. The molecule has 1 amide bonds. The molecular weight excluding hydrogens is 240 g/mol. The van der Waals surface area contributed by atoms with E-state index in [-0.39, 0.29) is 24.7 Å². The van der Waals surface area contributed by atoms with E-state index in [1.165, 1.54) is 0 Å². The van der Waals surface area contributed by atoms with Crippen molar-refractivity contribution < 1.29 is 13.2 Å². The van der Waals surface area contributed by atoms with Gasteiger partial charge >= 0.3 is 0 Å². The van der Waals surface area contributed by atoms with Gasteiger partial charge in [0, 0.05) is 13.1 Å². The first kappa shape index (κ1) is 14.4. The molecule has 0 aromatic heterocycles. The van der Waals surface area contributed by atoms with Crippen LogP contribution in [0.4, 0.5) is 0 Å². The van der Waals surface area contributed by atoms with Crippen molar-refractivity contribution in [2.24, 2.45) is 5.73 Å². The topological polar surface area (TPSA) is 80.5 Å². The average molecular weight is 262 g/mol. The van der Waals surface area contributed by atoms with Crippen molar-refractivity contribution in [2.75, 3.05) is 18.8 Å². The second-order valence-corrected chi connectivity index (χ2v) is 7.98. The van der Waals surface area contributed by atoms with E-state index in [2.05, 4.69) is 0 Å². The Bertz CT molecular complexity index is 390. The first-order valence-corrected chi connectivity index (χ1v) is 7.63. The molecule has 0 radical (unpaired) electrons. The molecule has 1 aliphatic heterocycles. The maximum Gasteiger partial charge on any atom is 0.239 e. The van der Waals surface area contributed by atoms with E-state index in [0.717, 1.165) is 6.42 Å². The first-order chi connectivity index (χ1) is 7.71. The van der Waals surface area contributed by atoms with Crippen LogP contribution in [0.1, 0.15) is 33.6 Å². The number of hydrogen-bond donors (Lipinski definition) is 1. The average Bonchev–Trinajstić information content (AvgIpc) is 2.21. The molecule has 1 atom stereocenters. The van der Waals surface area contributed by atoms with E-state index in [1.807, 2.05) is 6.92 Å². The van der Waals surface area contributed by atoms with Gasteiger partial charge in [0.05, 0.1) is 16.5 Å². The van der Waals surface area contributed by atoms with Crippen LogP contribution >= 0.6 is 0 Å². The molecule has 1 unspecified atom stereocenters. The zero-order valence-electron chi connectivity index (χ0n) is 10.8. The molecule has 5 nitrogen and oxygen atoms in total. The van der Waals surface area contributed by atoms with Gasteiger partial charge in [0.2, 0.25) is 5.91 Å². The van der Waals surface area contributed by atoms with Crippen LogP contribution in [-0.2, 0) is 14.6 Å². The Morgan fingerprint density at radius 1 is 1.47 bits per heavy atom. The fourth-order valence-electron chi connectivity index (χ4n) is 2.00. The number of hydrogen-bond acceptors (Lipinski definition) is 4. The van der Waals surface area contributed by atoms with Gasteiger partial charge in [0.25, 0.3) is 0 Å². The smallest absolute Gasteiger partial charge is 0.239 e. The van der Waals surface area contributed by atoms with Crippen LogP contribution in [0, 0.1) is 0 Å². The summed E-state index contributed by atoms with van der Waals surface area (Å²) in [6.45, 7) is 5.80. The Labute approximate surface area is 103 Å². The van der Waals surface area contributed by atoms with Gasteiger partial charge in [-0.25, -0.2) is 8.42 Å². The van der Waals surface area contributed by atoms with Crippen molar-refractivity contribution >= 4 is 15.7 Å². The van der Waals surface area contributed by atoms with Crippen LogP contribution < -0.4 is 5.73 Å². The Balaban J connectivity index is 2.75. The molecule has 1 saturated heterocycles. The number of carbonyl (C=O) groups excluding carboxylic acids is 1. The quantitative estimate of drug-likeness (QED) is 0.785. The molecule has 0 spiro atoms. The van der Waals surface area contributed by atoms with Gasteiger partial charge in [-0.2, -0.15) is 0 Å².